The van der Waals surface area contributed by atoms with Crippen molar-refractivity contribution >= 4 is 11.8 Å². The first-order valence-corrected chi connectivity index (χ1v) is 7.15. The van der Waals surface area contributed by atoms with Crippen molar-refractivity contribution in [3.05, 3.63) is 47.9 Å². The summed E-state index contributed by atoms with van der Waals surface area (Å²) in [6.45, 7) is 1.66. The number of carbonyl (C=O) groups excluding carboxylic acids is 2. The van der Waals surface area contributed by atoms with E-state index in [9.17, 15) is 14.7 Å². The molecule has 2 rings (SSSR count). The number of hydrogen-bond acceptors (Lipinski definition) is 5. The van der Waals surface area contributed by atoms with Crippen molar-refractivity contribution in [1.29, 1.82) is 0 Å². The van der Waals surface area contributed by atoms with Gasteiger partial charge in [-0.05, 0) is 17.7 Å². The van der Waals surface area contributed by atoms with Crippen molar-refractivity contribution in [2.24, 2.45) is 0 Å². The highest BCUT2D eigenvalue weighted by molar-refractivity contribution is 5.87. The van der Waals surface area contributed by atoms with Crippen LogP contribution in [-0.2, 0) is 22.6 Å². The minimum atomic E-state index is -0.686. The van der Waals surface area contributed by atoms with Gasteiger partial charge in [0.05, 0.1) is 6.54 Å². The van der Waals surface area contributed by atoms with Gasteiger partial charge >= 0.3 is 0 Å². The van der Waals surface area contributed by atoms with E-state index in [1.54, 1.807) is 37.4 Å². The van der Waals surface area contributed by atoms with E-state index in [1.807, 2.05) is 0 Å². The largest absolute Gasteiger partial charge is 0.508 e. The standard InChI is InChI=1S/C16H19N3O4/c1-11(20)17-15(9-12-3-5-14(21)6-4-12)16(22)19(2)10-13-7-8-23-18-13/h3-8,15,21H,9-10H2,1-2H3,(H,17,20)/t15-/m0/s1. The topological polar surface area (TPSA) is 95.7 Å². The summed E-state index contributed by atoms with van der Waals surface area (Å²) in [5, 5.41) is 15.8. The van der Waals surface area contributed by atoms with Crippen LogP contribution in [0.15, 0.2) is 41.1 Å². The van der Waals surface area contributed by atoms with E-state index in [0.717, 1.165) is 5.56 Å². The lowest BCUT2D eigenvalue weighted by Crippen LogP contribution is -2.47. The van der Waals surface area contributed by atoms with E-state index < -0.39 is 6.04 Å². The van der Waals surface area contributed by atoms with Gasteiger partial charge in [-0.3, -0.25) is 9.59 Å². The number of aromatic nitrogens is 1. The molecule has 1 heterocycles. The van der Waals surface area contributed by atoms with E-state index >= 15 is 0 Å². The molecular formula is C16H19N3O4. The number of amides is 2. The Balaban J connectivity index is 2.08. The average Bonchev–Trinajstić information content (AvgIpc) is 3.00. The third kappa shape index (κ3) is 4.84. The summed E-state index contributed by atoms with van der Waals surface area (Å²) in [4.78, 5) is 25.5. The Bertz CT molecular complexity index is 652. The minimum Gasteiger partial charge on any atom is -0.508 e. The second kappa shape index (κ2) is 7.44. The smallest absolute Gasteiger partial charge is 0.245 e. The molecule has 0 unspecified atom stereocenters. The van der Waals surface area contributed by atoms with Crippen LogP contribution >= 0.6 is 0 Å². The maximum Gasteiger partial charge on any atom is 0.245 e. The molecule has 0 bridgehead atoms. The molecule has 1 aromatic carbocycles. The van der Waals surface area contributed by atoms with Crippen LogP contribution in [0, 0.1) is 0 Å². The Morgan fingerprint density at radius 2 is 2.00 bits per heavy atom. The molecule has 0 aliphatic carbocycles. The lowest BCUT2D eigenvalue weighted by atomic mass is 10.0. The summed E-state index contributed by atoms with van der Waals surface area (Å²) in [5.41, 5.74) is 1.47. The fourth-order valence-corrected chi connectivity index (χ4v) is 2.22. The molecule has 2 N–H and O–H groups in total. The van der Waals surface area contributed by atoms with Crippen molar-refractivity contribution in [1.82, 2.24) is 15.4 Å². The molecule has 0 saturated heterocycles. The number of carbonyl (C=O) groups is 2. The number of rotatable bonds is 6. The van der Waals surface area contributed by atoms with Gasteiger partial charge in [0.25, 0.3) is 0 Å². The molecule has 2 amide bonds. The molecule has 23 heavy (non-hydrogen) atoms. The molecule has 0 radical (unpaired) electrons. The summed E-state index contributed by atoms with van der Waals surface area (Å²) in [6.07, 6.45) is 1.78. The molecule has 2 aromatic rings. The monoisotopic (exact) mass is 317 g/mol. The number of aromatic hydroxyl groups is 1. The van der Waals surface area contributed by atoms with Gasteiger partial charge in [-0.1, -0.05) is 17.3 Å². The molecular weight excluding hydrogens is 298 g/mol. The molecule has 1 aromatic heterocycles. The minimum absolute atomic E-state index is 0.152. The van der Waals surface area contributed by atoms with Gasteiger partial charge in [0.1, 0.15) is 23.7 Å². The summed E-state index contributed by atoms with van der Waals surface area (Å²) in [5.74, 6) is -0.354. The van der Waals surface area contributed by atoms with E-state index in [1.165, 1.54) is 18.1 Å². The molecule has 0 fully saturated rings. The number of benzene rings is 1. The second-order valence-electron chi connectivity index (χ2n) is 5.31. The van der Waals surface area contributed by atoms with Crippen molar-refractivity contribution < 1.29 is 19.2 Å². The van der Waals surface area contributed by atoms with E-state index in [4.69, 9.17) is 4.52 Å². The van der Waals surface area contributed by atoms with Gasteiger partial charge in [-0.15, -0.1) is 0 Å². The third-order valence-electron chi connectivity index (χ3n) is 3.32. The van der Waals surface area contributed by atoms with Gasteiger partial charge in [0, 0.05) is 26.5 Å². The molecule has 1 atom stereocenters. The van der Waals surface area contributed by atoms with Crippen LogP contribution in [0.4, 0.5) is 0 Å². The summed E-state index contributed by atoms with van der Waals surface area (Å²) in [6, 6.07) is 7.52. The fourth-order valence-electron chi connectivity index (χ4n) is 2.22. The first-order chi connectivity index (χ1) is 11.0. The van der Waals surface area contributed by atoms with Gasteiger partial charge < -0.3 is 19.8 Å². The molecule has 0 saturated carbocycles. The van der Waals surface area contributed by atoms with E-state index in [0.29, 0.717) is 18.7 Å². The van der Waals surface area contributed by atoms with Gasteiger partial charge in [0.2, 0.25) is 11.8 Å². The summed E-state index contributed by atoms with van der Waals surface area (Å²) >= 11 is 0. The predicted molar refractivity (Wildman–Crippen MR) is 82.4 cm³/mol. The quantitative estimate of drug-likeness (QED) is 0.831. The molecule has 0 spiro atoms. The average molecular weight is 317 g/mol. The molecule has 0 aliphatic rings. The zero-order chi connectivity index (χ0) is 16.8. The van der Waals surface area contributed by atoms with Crippen molar-refractivity contribution in [2.45, 2.75) is 25.9 Å². The second-order valence-corrected chi connectivity index (χ2v) is 5.31. The first-order valence-electron chi connectivity index (χ1n) is 7.15. The number of nitrogens with zero attached hydrogens (tertiary/aromatic N) is 2. The molecule has 122 valence electrons. The maximum absolute atomic E-state index is 12.6. The molecule has 7 nitrogen and oxygen atoms in total. The number of hydrogen-bond donors (Lipinski definition) is 2. The highest BCUT2D eigenvalue weighted by atomic mass is 16.5. The Morgan fingerprint density at radius 3 is 2.57 bits per heavy atom. The molecule has 7 heteroatoms. The highest BCUT2D eigenvalue weighted by Crippen LogP contribution is 2.12. The van der Waals surface area contributed by atoms with Crippen molar-refractivity contribution in [2.75, 3.05) is 7.05 Å². The zero-order valence-corrected chi connectivity index (χ0v) is 13.0. The first kappa shape index (κ1) is 16.5. The van der Waals surface area contributed by atoms with Crippen LogP contribution in [-0.4, -0.2) is 40.1 Å². The van der Waals surface area contributed by atoms with Crippen LogP contribution < -0.4 is 5.32 Å². The fraction of sp³-hybridized carbons (Fsp3) is 0.312. The maximum atomic E-state index is 12.6. The lowest BCUT2D eigenvalue weighted by molar-refractivity contribution is -0.135. The SMILES string of the molecule is CC(=O)N[C@@H](Cc1ccc(O)cc1)C(=O)N(C)Cc1ccon1. The van der Waals surface area contributed by atoms with Gasteiger partial charge in [-0.2, -0.15) is 0 Å². The van der Waals surface area contributed by atoms with Crippen molar-refractivity contribution in [3.8, 4) is 5.75 Å². The zero-order valence-electron chi connectivity index (χ0n) is 13.0. The normalized spacial score (nSPS) is 11.7. The van der Waals surface area contributed by atoms with Crippen LogP contribution in [0.5, 0.6) is 5.75 Å². The Hall–Kier alpha value is -2.83. The van der Waals surface area contributed by atoms with Crippen LogP contribution in [0.2, 0.25) is 0 Å². The Labute approximate surface area is 133 Å². The van der Waals surface area contributed by atoms with Crippen LogP contribution in [0.25, 0.3) is 0 Å². The van der Waals surface area contributed by atoms with Crippen LogP contribution in [0.3, 0.4) is 0 Å². The highest BCUT2D eigenvalue weighted by Gasteiger charge is 2.24. The Morgan fingerprint density at radius 1 is 1.30 bits per heavy atom. The van der Waals surface area contributed by atoms with E-state index in [-0.39, 0.29) is 17.6 Å². The van der Waals surface area contributed by atoms with Gasteiger partial charge in [-0.25, -0.2) is 0 Å². The molecule has 0 aliphatic heterocycles. The number of likely N-dealkylation sites (N-methyl/N-ethyl adjacent to an activating group) is 1. The van der Waals surface area contributed by atoms with E-state index in [2.05, 4.69) is 10.5 Å². The number of phenols is 1. The number of phenolic OH excluding ortho intramolecular Hbond substituents is 1. The summed E-state index contributed by atoms with van der Waals surface area (Å²) in [7, 11) is 1.64. The van der Waals surface area contributed by atoms with Crippen molar-refractivity contribution in [3.63, 3.8) is 0 Å². The third-order valence-corrected chi connectivity index (χ3v) is 3.32. The van der Waals surface area contributed by atoms with Gasteiger partial charge in [0.15, 0.2) is 0 Å². The predicted octanol–water partition coefficient (Wildman–Crippen LogP) is 1.09. The lowest BCUT2D eigenvalue weighted by Gasteiger charge is -2.23. The van der Waals surface area contributed by atoms with Crippen LogP contribution in [0.1, 0.15) is 18.2 Å². The summed E-state index contributed by atoms with van der Waals surface area (Å²) < 4.78 is 4.75. The number of nitrogens with one attached hydrogen (secondary N) is 1. The Kier molecular flexibility index (Phi) is 5.35.